The summed E-state index contributed by atoms with van der Waals surface area (Å²) in [5.74, 6) is -0.323. The number of benzene rings is 2. The van der Waals surface area contributed by atoms with Crippen molar-refractivity contribution in [2.75, 3.05) is 23.7 Å². The van der Waals surface area contributed by atoms with Crippen LogP contribution in [0.2, 0.25) is 0 Å². The molecule has 2 aromatic rings. The van der Waals surface area contributed by atoms with E-state index in [-0.39, 0.29) is 24.8 Å². The minimum atomic E-state index is -3.53. The van der Waals surface area contributed by atoms with Crippen molar-refractivity contribution in [2.24, 2.45) is 0 Å². The molecule has 0 aromatic heterocycles. The molecule has 198 valence electrons. The molecule has 7 nitrogen and oxygen atoms in total. The van der Waals surface area contributed by atoms with Crippen molar-refractivity contribution in [3.8, 4) is 0 Å². The Morgan fingerprint density at radius 3 is 2.25 bits per heavy atom. The fraction of sp³-hybridized carbons (Fsp3) is 0.500. The smallest absolute Gasteiger partial charge is 0.242 e. The first-order chi connectivity index (χ1) is 17.0. The molecule has 2 amide bonds. The van der Waals surface area contributed by atoms with E-state index in [1.165, 1.54) is 10.6 Å². The van der Waals surface area contributed by atoms with Crippen molar-refractivity contribution >= 4 is 27.5 Å². The third-order valence-corrected chi connectivity index (χ3v) is 7.59. The van der Waals surface area contributed by atoms with E-state index < -0.39 is 16.1 Å². The maximum Gasteiger partial charge on any atom is 0.242 e. The monoisotopic (exact) mass is 515 g/mol. The number of carbonyl (C=O) groups excluding carboxylic acids is 2. The summed E-state index contributed by atoms with van der Waals surface area (Å²) >= 11 is 0. The third-order valence-electron chi connectivity index (χ3n) is 6.41. The first kappa shape index (κ1) is 29.4. The Kier molecular flexibility index (Phi) is 11.0. The number of rotatable bonds is 13. The molecule has 0 heterocycles. The highest BCUT2D eigenvalue weighted by Crippen LogP contribution is 2.25. The summed E-state index contributed by atoms with van der Waals surface area (Å²) in [7, 11) is -3.53. The molecule has 0 bridgehead atoms. The quantitative estimate of drug-likeness (QED) is 0.426. The second kappa shape index (κ2) is 13.4. The standard InChI is InChI=1S/C28H41N3O4S/c1-7-18-29-28(33)25(8-2)30(20-24-16-14-21(3)15-17-24)27(32)13-10-19-31(36(6,34)35)26-12-9-11-22(4)23(26)5/h9,11-12,14-17,25H,7-8,10,13,18-20H2,1-6H3,(H,29,33)/t25-/m0/s1. The summed E-state index contributed by atoms with van der Waals surface area (Å²) in [6, 6.07) is 12.9. The Morgan fingerprint density at radius 2 is 1.67 bits per heavy atom. The van der Waals surface area contributed by atoms with E-state index in [4.69, 9.17) is 0 Å². The van der Waals surface area contributed by atoms with Gasteiger partial charge in [-0.2, -0.15) is 0 Å². The largest absolute Gasteiger partial charge is 0.354 e. The molecule has 0 saturated carbocycles. The van der Waals surface area contributed by atoms with Gasteiger partial charge >= 0.3 is 0 Å². The van der Waals surface area contributed by atoms with E-state index in [9.17, 15) is 18.0 Å². The van der Waals surface area contributed by atoms with Gasteiger partial charge in [0.05, 0.1) is 11.9 Å². The molecule has 0 aliphatic heterocycles. The number of hydrogen-bond acceptors (Lipinski definition) is 4. The van der Waals surface area contributed by atoms with E-state index in [0.717, 1.165) is 28.7 Å². The number of nitrogens with zero attached hydrogens (tertiary/aromatic N) is 2. The topological polar surface area (TPSA) is 86.8 Å². The Morgan fingerprint density at radius 1 is 1.00 bits per heavy atom. The summed E-state index contributed by atoms with van der Waals surface area (Å²) in [4.78, 5) is 28.0. The zero-order valence-electron chi connectivity index (χ0n) is 22.5. The van der Waals surface area contributed by atoms with E-state index in [2.05, 4.69) is 5.32 Å². The SMILES string of the molecule is CCCNC(=O)[C@H](CC)N(Cc1ccc(C)cc1)C(=O)CCCN(c1cccc(C)c1C)S(C)(=O)=O. The molecule has 36 heavy (non-hydrogen) atoms. The maximum absolute atomic E-state index is 13.5. The van der Waals surface area contributed by atoms with Gasteiger partial charge in [0, 0.05) is 26.1 Å². The van der Waals surface area contributed by atoms with Crippen molar-refractivity contribution in [1.29, 1.82) is 0 Å². The van der Waals surface area contributed by atoms with Gasteiger partial charge in [-0.15, -0.1) is 0 Å². The number of carbonyl (C=O) groups is 2. The Bertz CT molecular complexity index is 1130. The summed E-state index contributed by atoms with van der Waals surface area (Å²) in [6.07, 6.45) is 2.97. The van der Waals surface area contributed by atoms with Gasteiger partial charge in [0.15, 0.2) is 0 Å². The molecule has 0 spiro atoms. The van der Waals surface area contributed by atoms with Gasteiger partial charge < -0.3 is 10.2 Å². The van der Waals surface area contributed by atoms with Crippen molar-refractivity contribution in [3.63, 3.8) is 0 Å². The van der Waals surface area contributed by atoms with Gasteiger partial charge in [0.2, 0.25) is 21.8 Å². The number of nitrogens with one attached hydrogen (secondary N) is 1. The second-order valence-corrected chi connectivity index (χ2v) is 11.3. The summed E-state index contributed by atoms with van der Waals surface area (Å²) < 4.78 is 26.6. The van der Waals surface area contributed by atoms with Crippen LogP contribution < -0.4 is 9.62 Å². The molecule has 0 fully saturated rings. The highest BCUT2D eigenvalue weighted by atomic mass is 32.2. The highest BCUT2D eigenvalue weighted by molar-refractivity contribution is 7.92. The van der Waals surface area contributed by atoms with Gasteiger partial charge in [-0.05, 0) is 62.8 Å². The number of anilines is 1. The molecule has 0 unspecified atom stereocenters. The lowest BCUT2D eigenvalue weighted by atomic mass is 10.1. The second-order valence-electron chi connectivity index (χ2n) is 9.38. The molecule has 8 heteroatoms. The molecule has 1 atom stereocenters. The highest BCUT2D eigenvalue weighted by Gasteiger charge is 2.28. The minimum absolute atomic E-state index is 0.139. The van der Waals surface area contributed by atoms with Crippen LogP contribution in [-0.4, -0.2) is 50.5 Å². The normalized spacial score (nSPS) is 12.2. The van der Waals surface area contributed by atoms with Gasteiger partial charge in [-0.25, -0.2) is 8.42 Å². The van der Waals surface area contributed by atoms with Crippen LogP contribution in [0.4, 0.5) is 5.69 Å². The van der Waals surface area contributed by atoms with Crippen molar-refractivity contribution in [1.82, 2.24) is 10.2 Å². The van der Waals surface area contributed by atoms with Crippen LogP contribution in [0.15, 0.2) is 42.5 Å². The fourth-order valence-corrected chi connectivity index (χ4v) is 5.18. The fourth-order valence-electron chi connectivity index (χ4n) is 4.16. The zero-order valence-corrected chi connectivity index (χ0v) is 23.3. The van der Waals surface area contributed by atoms with Gasteiger partial charge in [-0.1, -0.05) is 55.8 Å². The predicted molar refractivity (Wildman–Crippen MR) is 146 cm³/mol. The van der Waals surface area contributed by atoms with E-state index in [0.29, 0.717) is 31.6 Å². The lowest BCUT2D eigenvalue weighted by molar-refractivity contribution is -0.141. The number of hydrogen-bond donors (Lipinski definition) is 1. The first-order valence-electron chi connectivity index (χ1n) is 12.7. The lowest BCUT2D eigenvalue weighted by Gasteiger charge is -2.31. The van der Waals surface area contributed by atoms with Crippen LogP contribution in [0, 0.1) is 20.8 Å². The predicted octanol–water partition coefficient (Wildman–Crippen LogP) is 4.49. The lowest BCUT2D eigenvalue weighted by Crippen LogP contribution is -2.49. The van der Waals surface area contributed by atoms with Crippen LogP contribution in [0.25, 0.3) is 0 Å². The molecule has 0 aliphatic carbocycles. The zero-order chi connectivity index (χ0) is 26.9. The van der Waals surface area contributed by atoms with Crippen molar-refractivity contribution < 1.29 is 18.0 Å². The van der Waals surface area contributed by atoms with Crippen LogP contribution in [0.3, 0.4) is 0 Å². The minimum Gasteiger partial charge on any atom is -0.354 e. The first-order valence-corrected chi connectivity index (χ1v) is 14.5. The average Bonchev–Trinajstić information content (AvgIpc) is 2.82. The Labute approximate surface area is 216 Å². The van der Waals surface area contributed by atoms with Crippen LogP contribution in [0.1, 0.15) is 61.8 Å². The summed E-state index contributed by atoms with van der Waals surface area (Å²) in [6.45, 7) is 10.8. The van der Waals surface area contributed by atoms with Gasteiger partial charge in [-0.3, -0.25) is 13.9 Å². The molecule has 1 N–H and O–H groups in total. The van der Waals surface area contributed by atoms with E-state index in [1.807, 2.05) is 71.0 Å². The molecular weight excluding hydrogens is 474 g/mol. The molecule has 2 rings (SSSR count). The maximum atomic E-state index is 13.5. The molecule has 0 radical (unpaired) electrons. The molecule has 2 aromatic carbocycles. The molecule has 0 aliphatic rings. The Hall–Kier alpha value is -2.87. The van der Waals surface area contributed by atoms with E-state index in [1.54, 1.807) is 11.0 Å². The molecule has 0 saturated heterocycles. The number of amides is 2. The van der Waals surface area contributed by atoms with Crippen molar-refractivity contribution in [2.45, 2.75) is 72.9 Å². The number of aryl methyl sites for hydroxylation is 2. The van der Waals surface area contributed by atoms with Crippen LogP contribution in [0.5, 0.6) is 0 Å². The van der Waals surface area contributed by atoms with Gasteiger partial charge in [0.1, 0.15) is 6.04 Å². The van der Waals surface area contributed by atoms with E-state index >= 15 is 0 Å². The number of sulfonamides is 1. The molecular formula is C28H41N3O4S. The third kappa shape index (κ3) is 8.08. The summed E-state index contributed by atoms with van der Waals surface area (Å²) in [5.41, 5.74) is 4.60. The van der Waals surface area contributed by atoms with Crippen molar-refractivity contribution in [3.05, 3.63) is 64.7 Å². The van der Waals surface area contributed by atoms with Crippen LogP contribution in [-0.2, 0) is 26.2 Å². The van der Waals surface area contributed by atoms with Gasteiger partial charge in [0.25, 0.3) is 0 Å². The van der Waals surface area contributed by atoms with Crippen LogP contribution >= 0.6 is 0 Å². The Balaban J connectivity index is 2.23. The average molecular weight is 516 g/mol. The summed E-state index contributed by atoms with van der Waals surface area (Å²) in [5, 5.41) is 2.92.